The van der Waals surface area contributed by atoms with Crippen LogP contribution in [0.25, 0.3) is 0 Å². The Morgan fingerprint density at radius 1 is 0.270 bits per heavy atom. The first-order chi connectivity index (χ1) is 54.2. The predicted octanol–water partition coefficient (Wildman–Crippen LogP) is 17.3. The van der Waals surface area contributed by atoms with E-state index in [9.17, 15) is 33.6 Å². The van der Waals surface area contributed by atoms with Crippen LogP contribution in [0.2, 0.25) is 0 Å². The largest absolute Gasteiger partial charge is 0.370 e. The van der Waals surface area contributed by atoms with E-state index in [4.69, 9.17) is 22.9 Å². The van der Waals surface area contributed by atoms with E-state index >= 15 is 0 Å². The van der Waals surface area contributed by atoms with E-state index in [0.29, 0.717) is 38.5 Å². The molecule has 0 spiro atoms. The number of nitrogens with one attached hydrogen (secondary N) is 7. The van der Waals surface area contributed by atoms with Gasteiger partial charge in [0.1, 0.15) is 24.2 Å². The van der Waals surface area contributed by atoms with Crippen molar-refractivity contribution in [3.8, 4) is 0 Å². The number of allylic oxidation sites excluding steroid dienone is 8. The fourth-order valence-electron chi connectivity index (χ4n) is 12.3. The van der Waals surface area contributed by atoms with Gasteiger partial charge in [-0.25, -0.2) is 26.7 Å². The van der Waals surface area contributed by atoms with Crippen LogP contribution in [0.4, 0.5) is 0 Å². The van der Waals surface area contributed by atoms with Gasteiger partial charge in [-0.2, -0.15) is 20.4 Å². The van der Waals surface area contributed by atoms with Crippen LogP contribution < -0.4 is 60.6 Å². The zero-order valence-corrected chi connectivity index (χ0v) is 70.1. The molecule has 7 amide bonds. The summed E-state index contributed by atoms with van der Waals surface area (Å²) in [5, 5.41) is 24.9. The molecule has 0 unspecified atom stereocenters. The lowest BCUT2D eigenvalue weighted by atomic mass is 10.0. The van der Waals surface area contributed by atoms with Crippen LogP contribution in [-0.2, 0) is 33.6 Å². The monoisotopic (exact) mass is 1550 g/mol. The SMILES string of the molecule is CCCCCC/C=C\CCCCCCC/C=N/NC(=O)CC[C@H](NC(=O)CC[C@H](NC(=O)[C@H](CCCCN=C(N)N)N=C(N)N)C(=O)N[C@@H](CCC(=O)N/N=C/CCCCCCC/C=C\CCCCCC)C(=O)N/N=C/CCCCCCC/C=C\CCCCCC)C(=O)N/N=C/CCCCCCC/C=C\CCCCCC. The highest BCUT2D eigenvalue weighted by molar-refractivity contribution is 5.95. The Kier molecular flexibility index (Phi) is 75.1. The summed E-state index contributed by atoms with van der Waals surface area (Å²) >= 11 is 0. The number of nitrogens with two attached hydrogens (primary N) is 4. The van der Waals surface area contributed by atoms with Gasteiger partial charge in [0, 0.05) is 50.7 Å². The molecular weight excluding hydrogens is 1400 g/mol. The van der Waals surface area contributed by atoms with Crippen LogP contribution in [0.3, 0.4) is 0 Å². The Hall–Kier alpha value is -7.53. The fourth-order valence-corrected chi connectivity index (χ4v) is 12.3. The van der Waals surface area contributed by atoms with Crippen molar-refractivity contribution in [1.29, 1.82) is 0 Å². The molecule has 0 aromatic carbocycles. The van der Waals surface area contributed by atoms with Gasteiger partial charge >= 0.3 is 0 Å². The lowest BCUT2D eigenvalue weighted by Gasteiger charge is -2.24. The summed E-state index contributed by atoms with van der Waals surface area (Å²) < 4.78 is 0. The number of amides is 7. The maximum atomic E-state index is 14.7. The number of unbranched alkanes of at least 4 members (excludes halogenated alkanes) is 41. The third-order valence-corrected chi connectivity index (χ3v) is 19.2. The second-order valence-corrected chi connectivity index (χ2v) is 29.7. The smallest absolute Gasteiger partial charge is 0.262 e. The Labute approximate surface area is 672 Å². The minimum atomic E-state index is -1.51. The Morgan fingerprint density at radius 2 is 0.541 bits per heavy atom. The van der Waals surface area contributed by atoms with E-state index in [1.165, 1.54) is 109 Å². The zero-order chi connectivity index (χ0) is 81.2. The Morgan fingerprint density at radius 3 is 0.856 bits per heavy atom. The molecule has 0 heterocycles. The number of guanidine groups is 2. The second-order valence-electron chi connectivity index (χ2n) is 29.7. The van der Waals surface area contributed by atoms with Crippen LogP contribution in [0.1, 0.15) is 394 Å². The number of carbonyl (C=O) groups excluding carboxylic acids is 7. The molecule has 0 saturated heterocycles. The topological polar surface area (TPSA) is 382 Å². The molecule has 0 aliphatic heterocycles. The average Bonchev–Trinajstić information content (AvgIpc) is 0.868. The summed E-state index contributed by atoms with van der Waals surface area (Å²) in [5.74, 6) is -5.18. The van der Waals surface area contributed by atoms with Crippen molar-refractivity contribution in [2.45, 2.75) is 418 Å². The standard InChI is InChI=1S/C87H159N17O7/c1-5-9-13-17-21-25-29-33-37-41-45-49-53-58-71-93-101-80(106)68-65-77(84(110)103-95-73-60-55-51-47-43-39-35-31-27-23-19-15-11-7-3)97-79(105)67-64-76(98-82(108)75(100-87(90)91)63-57-62-70-92-86(88)89)83(109)99-78(85(111)104-96-74-61-56-52-48-44-40-36-32-28-24-20-16-12-8-4)66-69-81(107)102-94-72-59-54-50-46-42-38-34-30-26-22-18-14-10-6-2/h25-32,71-78H,5-24,33-70H2,1-4H3,(H,97,105)(H,98,108)(H,99,109)(H,101,106)(H,102,107)(H,103,110)(H,104,111)(H4,88,89,92)(H4,90,91,100)/b29-25-,30-26-,31-27-,32-28-,93-71+,94-72+,95-73+,96-74+/t75-,76-,77-,78-/m0/s1. The molecule has 0 aliphatic rings. The van der Waals surface area contributed by atoms with Gasteiger partial charge in [0.15, 0.2) is 11.9 Å². The van der Waals surface area contributed by atoms with Crippen LogP contribution in [0.5, 0.6) is 0 Å². The number of aliphatic imine (C=N–C) groups is 2. The Bertz CT molecular complexity index is 2630. The molecule has 4 atom stereocenters. The van der Waals surface area contributed by atoms with Gasteiger partial charge in [0.2, 0.25) is 29.5 Å². The average molecular weight is 1560 g/mol. The molecule has 0 bridgehead atoms. The highest BCUT2D eigenvalue weighted by Crippen LogP contribution is 2.16. The summed E-state index contributed by atoms with van der Waals surface area (Å²) in [7, 11) is 0. The number of rotatable bonds is 78. The van der Waals surface area contributed by atoms with E-state index < -0.39 is 71.9 Å². The molecule has 0 fully saturated rings. The molecule has 634 valence electrons. The van der Waals surface area contributed by atoms with Crippen molar-refractivity contribution in [3.63, 3.8) is 0 Å². The summed E-state index contributed by atoms with van der Waals surface area (Å²) in [6.45, 7) is 9.17. The number of hydrogen-bond donors (Lipinski definition) is 11. The summed E-state index contributed by atoms with van der Waals surface area (Å²) in [4.78, 5) is 106. The second kappa shape index (κ2) is 80.5. The number of nitrogens with zero attached hydrogens (tertiary/aromatic N) is 6. The van der Waals surface area contributed by atoms with E-state index in [1.807, 2.05) is 0 Å². The molecule has 0 saturated carbocycles. The van der Waals surface area contributed by atoms with E-state index in [2.05, 4.69) is 144 Å². The molecule has 0 aliphatic carbocycles. The molecule has 0 radical (unpaired) electrons. The molecule has 15 N–H and O–H groups in total. The molecular formula is C87H159N17O7. The minimum Gasteiger partial charge on any atom is -0.370 e. The van der Waals surface area contributed by atoms with Gasteiger partial charge in [-0.05, 0) is 193 Å². The zero-order valence-electron chi connectivity index (χ0n) is 70.1. The van der Waals surface area contributed by atoms with Gasteiger partial charge in [-0.3, -0.25) is 38.6 Å². The third-order valence-electron chi connectivity index (χ3n) is 19.2. The lowest BCUT2D eigenvalue weighted by molar-refractivity contribution is -0.133. The highest BCUT2D eigenvalue weighted by atomic mass is 16.2. The third kappa shape index (κ3) is 72.5. The van der Waals surface area contributed by atoms with Crippen molar-refractivity contribution in [1.82, 2.24) is 37.7 Å². The van der Waals surface area contributed by atoms with Gasteiger partial charge in [-0.1, -0.05) is 230 Å². The predicted molar refractivity (Wildman–Crippen MR) is 465 cm³/mol. The first kappa shape index (κ1) is 103. The van der Waals surface area contributed by atoms with Crippen molar-refractivity contribution >= 4 is 78.1 Å². The highest BCUT2D eigenvalue weighted by Gasteiger charge is 2.31. The van der Waals surface area contributed by atoms with Crippen LogP contribution in [0.15, 0.2) is 79.0 Å². The summed E-state index contributed by atoms with van der Waals surface area (Å²) in [5.41, 5.74) is 32.9. The lowest BCUT2D eigenvalue weighted by Crippen LogP contribution is -2.55. The first-order valence-corrected chi connectivity index (χ1v) is 44.1. The van der Waals surface area contributed by atoms with Crippen LogP contribution >= 0.6 is 0 Å². The Balaban J connectivity index is 6.59. The van der Waals surface area contributed by atoms with Crippen molar-refractivity contribution in [3.05, 3.63) is 48.6 Å². The molecule has 0 aromatic heterocycles. The maximum Gasteiger partial charge on any atom is 0.262 e. The number of carbonyl (C=O) groups is 7. The molecule has 0 aromatic rings. The van der Waals surface area contributed by atoms with Gasteiger partial charge in [-0.15, -0.1) is 0 Å². The number of hydrogen-bond acceptors (Lipinski definition) is 13. The number of hydrazone groups is 4. The van der Waals surface area contributed by atoms with Crippen molar-refractivity contribution in [2.75, 3.05) is 6.54 Å². The first-order valence-electron chi connectivity index (χ1n) is 44.1. The van der Waals surface area contributed by atoms with Crippen molar-refractivity contribution < 1.29 is 33.6 Å². The van der Waals surface area contributed by atoms with Crippen LogP contribution in [-0.4, -0.2) is 109 Å². The van der Waals surface area contributed by atoms with Crippen molar-refractivity contribution in [2.24, 2.45) is 53.3 Å². The van der Waals surface area contributed by atoms with E-state index in [-0.39, 0.29) is 57.0 Å². The minimum absolute atomic E-state index is 0.0918. The van der Waals surface area contributed by atoms with E-state index in [1.54, 1.807) is 24.9 Å². The van der Waals surface area contributed by atoms with E-state index in [0.717, 1.165) is 173 Å². The van der Waals surface area contributed by atoms with Gasteiger partial charge in [0.05, 0.1) is 0 Å². The quantitative estimate of drug-likeness (QED) is 0.00893. The summed E-state index contributed by atoms with van der Waals surface area (Å²) in [6, 6.07) is -5.33. The summed E-state index contributed by atoms with van der Waals surface area (Å²) in [6.07, 6.45) is 77.5. The molecule has 24 nitrogen and oxygen atoms in total. The molecule has 111 heavy (non-hydrogen) atoms. The maximum absolute atomic E-state index is 14.7. The normalized spacial score (nSPS) is 12.9. The molecule has 24 heteroatoms. The van der Waals surface area contributed by atoms with Crippen LogP contribution in [0, 0.1) is 0 Å². The van der Waals surface area contributed by atoms with Gasteiger partial charge < -0.3 is 38.9 Å². The fraction of sp³-hybridized carbons (Fsp3) is 0.759. The molecule has 0 rings (SSSR count). The van der Waals surface area contributed by atoms with Gasteiger partial charge in [0.25, 0.3) is 11.8 Å².